The molecule has 0 atom stereocenters. The van der Waals surface area contributed by atoms with E-state index in [1.54, 1.807) is 32.9 Å². The Kier molecular flexibility index (Phi) is 10.6. The van der Waals surface area contributed by atoms with Gasteiger partial charge in [-0.3, -0.25) is 0 Å². The van der Waals surface area contributed by atoms with Crippen molar-refractivity contribution in [2.75, 3.05) is 5.32 Å². The molecule has 0 radical (unpaired) electrons. The summed E-state index contributed by atoms with van der Waals surface area (Å²) in [7, 11) is -4.46. The molecule has 184 valence electrons. The average molecular weight is 575 g/mol. The van der Waals surface area contributed by atoms with Crippen molar-refractivity contribution in [1.29, 1.82) is 0 Å². The maximum absolute atomic E-state index is 12.2. The second kappa shape index (κ2) is 12.7. The minimum absolute atomic E-state index is 0. The molecule has 0 saturated heterocycles. The molecule has 35 heavy (non-hydrogen) atoms. The fourth-order valence-electron chi connectivity index (χ4n) is 2.95. The minimum atomic E-state index is -4.46. The van der Waals surface area contributed by atoms with Crippen LogP contribution in [-0.4, -0.2) is 43.0 Å². The third-order valence-electron chi connectivity index (χ3n) is 4.39. The third kappa shape index (κ3) is 9.81. The van der Waals surface area contributed by atoms with E-state index in [9.17, 15) is 13.2 Å². The maximum Gasteiger partial charge on any atom is 2.00 e. The SMILES string of the molecule is CC(C)(C)OS(=O)(=O)OC(=O)c1ccc(NCc2cc(Br)ccc2OCc2ccccc2)cc1.[H-].[H-].[Mg+2]. The summed E-state index contributed by atoms with van der Waals surface area (Å²) in [4.78, 5) is 12.2. The predicted molar refractivity (Wildman–Crippen MR) is 142 cm³/mol. The van der Waals surface area contributed by atoms with E-state index in [1.165, 1.54) is 12.1 Å². The number of carbonyl (C=O) groups excluding carboxylic acids is 1. The molecule has 3 aromatic carbocycles. The van der Waals surface area contributed by atoms with Crippen molar-refractivity contribution in [3.05, 3.63) is 94.0 Å². The van der Waals surface area contributed by atoms with Gasteiger partial charge in [-0.25, -0.2) is 8.98 Å². The normalized spacial score (nSPS) is 11.3. The van der Waals surface area contributed by atoms with Crippen LogP contribution in [0.1, 0.15) is 45.1 Å². The van der Waals surface area contributed by atoms with Gasteiger partial charge < -0.3 is 17.1 Å². The Morgan fingerprint density at radius 1 is 1.00 bits per heavy atom. The Morgan fingerprint density at radius 3 is 2.29 bits per heavy atom. The van der Waals surface area contributed by atoms with Crippen LogP contribution >= 0.6 is 15.9 Å². The van der Waals surface area contributed by atoms with Gasteiger partial charge in [0, 0.05) is 22.3 Å². The van der Waals surface area contributed by atoms with Crippen LogP contribution < -0.4 is 10.1 Å². The molecule has 0 unspecified atom stereocenters. The predicted octanol–water partition coefficient (Wildman–Crippen LogP) is 5.70. The summed E-state index contributed by atoms with van der Waals surface area (Å²) in [6.45, 7) is 5.56. The molecule has 0 spiro atoms. The Bertz CT molecular complexity index is 1240. The van der Waals surface area contributed by atoms with Crippen molar-refractivity contribution in [2.45, 2.75) is 39.5 Å². The molecule has 0 aliphatic heterocycles. The zero-order valence-electron chi connectivity index (χ0n) is 21.8. The van der Waals surface area contributed by atoms with Gasteiger partial charge in [0.05, 0.1) is 11.2 Å². The van der Waals surface area contributed by atoms with Gasteiger partial charge >= 0.3 is 39.4 Å². The fraction of sp³-hybridized carbons (Fsp3) is 0.240. The van der Waals surface area contributed by atoms with E-state index in [2.05, 4.69) is 25.4 Å². The Hall–Kier alpha value is -2.11. The van der Waals surface area contributed by atoms with Crippen LogP contribution in [0.2, 0.25) is 0 Å². The second-order valence-corrected chi connectivity index (χ2v) is 10.5. The smallest absolute Gasteiger partial charge is 1.00 e. The standard InChI is InChI=1S/C25H26BrNO6S.Mg.2H/c1-25(2,3)33-34(29,30)32-24(28)19-9-12-22(13-10-19)27-16-20-15-21(26)11-14-23(20)31-17-18-7-5-4-6-8-18;;;/h4-15,27H,16-17H2,1-3H3;;;/q;+2;2*-1. The molecule has 7 nitrogen and oxygen atoms in total. The van der Waals surface area contributed by atoms with Gasteiger partial charge in [0.2, 0.25) is 0 Å². The number of halogens is 1. The Morgan fingerprint density at radius 2 is 1.66 bits per heavy atom. The van der Waals surface area contributed by atoms with E-state index in [0.717, 1.165) is 27.0 Å². The molecular weight excluding hydrogens is 547 g/mol. The van der Waals surface area contributed by atoms with Crippen LogP contribution in [0.3, 0.4) is 0 Å². The van der Waals surface area contributed by atoms with Crippen LogP contribution in [0.4, 0.5) is 5.69 Å². The Balaban J connectivity index is 0.00000432. The van der Waals surface area contributed by atoms with Gasteiger partial charge in [0.25, 0.3) is 0 Å². The van der Waals surface area contributed by atoms with E-state index in [1.807, 2.05) is 48.5 Å². The zero-order chi connectivity index (χ0) is 24.8. The number of hydrogen-bond acceptors (Lipinski definition) is 7. The van der Waals surface area contributed by atoms with E-state index in [4.69, 9.17) is 8.92 Å². The van der Waals surface area contributed by atoms with Crippen molar-refractivity contribution in [2.24, 2.45) is 0 Å². The first-order valence-corrected chi connectivity index (χ1v) is 12.6. The molecule has 3 rings (SSSR count). The maximum atomic E-state index is 12.2. The van der Waals surface area contributed by atoms with Gasteiger partial charge in [-0.15, -0.1) is 0 Å². The number of anilines is 1. The molecular formula is C25H28BrMgNO6S. The number of ether oxygens (including phenoxy) is 1. The molecule has 0 aliphatic carbocycles. The number of carbonyl (C=O) groups is 1. The third-order valence-corrected chi connectivity index (χ3v) is 5.95. The van der Waals surface area contributed by atoms with Crippen molar-refractivity contribution in [3.8, 4) is 5.75 Å². The number of benzene rings is 3. The summed E-state index contributed by atoms with van der Waals surface area (Å²) in [5, 5.41) is 3.28. The molecule has 0 heterocycles. The molecule has 0 aromatic heterocycles. The van der Waals surface area contributed by atoms with Gasteiger partial charge in [-0.05, 0) is 68.8 Å². The number of rotatable bonds is 9. The quantitative estimate of drug-likeness (QED) is 0.328. The van der Waals surface area contributed by atoms with Crippen molar-refractivity contribution in [1.82, 2.24) is 0 Å². The number of nitrogens with one attached hydrogen (secondary N) is 1. The van der Waals surface area contributed by atoms with E-state index in [-0.39, 0.29) is 31.5 Å². The van der Waals surface area contributed by atoms with Crippen LogP contribution in [0, 0.1) is 0 Å². The summed E-state index contributed by atoms with van der Waals surface area (Å²) in [5.74, 6) is -0.261. The minimum Gasteiger partial charge on any atom is -1.00 e. The fourth-order valence-corrected chi connectivity index (χ4v) is 4.28. The molecule has 1 N–H and O–H groups in total. The molecule has 0 fully saturated rings. The Labute approximate surface area is 233 Å². The first-order chi connectivity index (χ1) is 16.0. The summed E-state index contributed by atoms with van der Waals surface area (Å²) >= 11 is 3.49. The summed E-state index contributed by atoms with van der Waals surface area (Å²) in [5.41, 5.74) is 1.82. The molecule has 0 amide bonds. The van der Waals surface area contributed by atoms with Crippen LogP contribution in [0.5, 0.6) is 5.75 Å². The van der Waals surface area contributed by atoms with Crippen LogP contribution in [0.25, 0.3) is 0 Å². The molecule has 0 saturated carbocycles. The van der Waals surface area contributed by atoms with E-state index >= 15 is 0 Å². The topological polar surface area (TPSA) is 90.9 Å². The molecule has 3 aromatic rings. The zero-order valence-corrected chi connectivity index (χ0v) is 23.6. The first kappa shape index (κ1) is 29.1. The van der Waals surface area contributed by atoms with Crippen LogP contribution in [0.15, 0.2) is 77.3 Å². The second-order valence-electron chi connectivity index (χ2n) is 8.43. The molecule has 10 heteroatoms. The molecule has 0 aliphatic rings. The van der Waals surface area contributed by atoms with Gasteiger partial charge in [0.15, 0.2) is 0 Å². The summed E-state index contributed by atoms with van der Waals surface area (Å²) in [6.07, 6.45) is 0. The van der Waals surface area contributed by atoms with E-state index < -0.39 is 22.0 Å². The summed E-state index contributed by atoms with van der Waals surface area (Å²) < 4.78 is 40.0. The van der Waals surface area contributed by atoms with Crippen molar-refractivity contribution >= 4 is 61.0 Å². The first-order valence-electron chi connectivity index (χ1n) is 10.5. The van der Waals surface area contributed by atoms with Crippen LogP contribution in [-0.2, 0) is 31.9 Å². The van der Waals surface area contributed by atoms with E-state index in [0.29, 0.717) is 13.2 Å². The summed E-state index contributed by atoms with van der Waals surface area (Å²) in [6, 6.07) is 22.0. The number of hydrogen-bond donors (Lipinski definition) is 1. The largest absolute Gasteiger partial charge is 2.00 e. The average Bonchev–Trinajstić information content (AvgIpc) is 2.76. The van der Waals surface area contributed by atoms with Gasteiger partial charge in [-0.2, -0.15) is 8.42 Å². The molecule has 0 bridgehead atoms. The van der Waals surface area contributed by atoms with Gasteiger partial charge in [-0.1, -0.05) is 46.3 Å². The monoisotopic (exact) mass is 573 g/mol. The van der Waals surface area contributed by atoms with Gasteiger partial charge in [0.1, 0.15) is 12.4 Å². The van der Waals surface area contributed by atoms with Crippen molar-refractivity contribution < 1.29 is 29.2 Å². The van der Waals surface area contributed by atoms with Crippen molar-refractivity contribution in [3.63, 3.8) is 0 Å².